The highest BCUT2D eigenvalue weighted by atomic mass is 16.5. The van der Waals surface area contributed by atoms with E-state index in [0.29, 0.717) is 11.6 Å². The minimum atomic E-state index is -1.08. The molecule has 2 saturated carbocycles. The molecule has 2 aromatic rings. The van der Waals surface area contributed by atoms with Crippen LogP contribution >= 0.6 is 0 Å². The van der Waals surface area contributed by atoms with Gasteiger partial charge in [0, 0.05) is 24.4 Å². The number of urea groups is 1. The van der Waals surface area contributed by atoms with Crippen molar-refractivity contribution in [3.8, 4) is 11.3 Å². The average molecular weight is 384 g/mol. The summed E-state index contributed by atoms with van der Waals surface area (Å²) in [5, 5.41) is 15.9. The number of hydrogen-bond donors (Lipinski definition) is 3. The topological polar surface area (TPSA) is 131 Å². The lowest BCUT2D eigenvalue weighted by molar-refractivity contribution is -0.124. The van der Waals surface area contributed by atoms with Crippen molar-refractivity contribution in [2.45, 2.75) is 37.8 Å². The van der Waals surface area contributed by atoms with E-state index in [9.17, 15) is 14.4 Å². The van der Waals surface area contributed by atoms with E-state index in [1.54, 1.807) is 12.3 Å². The number of carbonyl (C=O) groups excluding carboxylic acids is 3. The van der Waals surface area contributed by atoms with Crippen LogP contribution in [0.1, 0.15) is 36.2 Å². The molecule has 3 heterocycles. The summed E-state index contributed by atoms with van der Waals surface area (Å²) in [6, 6.07) is 1.02. The summed E-state index contributed by atoms with van der Waals surface area (Å²) < 4.78 is 7.05. The van der Waals surface area contributed by atoms with Gasteiger partial charge in [0.2, 0.25) is 5.76 Å². The molecule has 10 heteroatoms. The van der Waals surface area contributed by atoms with Crippen molar-refractivity contribution < 1.29 is 18.9 Å². The van der Waals surface area contributed by atoms with E-state index in [-0.39, 0.29) is 18.2 Å². The van der Waals surface area contributed by atoms with Gasteiger partial charge in [-0.05, 0) is 37.5 Å². The Morgan fingerprint density at radius 2 is 2.14 bits per heavy atom. The molecule has 5 rings (SSSR count). The normalized spacial score (nSPS) is 24.1. The van der Waals surface area contributed by atoms with Gasteiger partial charge < -0.3 is 15.2 Å². The Morgan fingerprint density at radius 3 is 2.82 bits per heavy atom. The number of carbonyl (C=O) groups is 3. The van der Waals surface area contributed by atoms with Gasteiger partial charge in [-0.25, -0.2) is 4.79 Å². The largest absolute Gasteiger partial charge is 0.350 e. The molecule has 0 spiro atoms. The van der Waals surface area contributed by atoms with Gasteiger partial charge in [-0.3, -0.25) is 19.6 Å². The zero-order valence-corrected chi connectivity index (χ0v) is 15.1. The zero-order valence-electron chi connectivity index (χ0n) is 15.1. The van der Waals surface area contributed by atoms with E-state index in [2.05, 4.69) is 26.2 Å². The average Bonchev–Trinajstić information content (AvgIpc) is 3.55. The summed E-state index contributed by atoms with van der Waals surface area (Å²) in [6.45, 7) is 0.894. The van der Waals surface area contributed by atoms with E-state index in [1.165, 1.54) is 12.8 Å². The number of aromatic nitrogens is 3. The predicted octanol–water partition coefficient (Wildman–Crippen LogP) is 0.666. The lowest BCUT2D eigenvalue weighted by Crippen LogP contribution is -2.57. The molecule has 3 N–H and O–H groups in total. The van der Waals surface area contributed by atoms with E-state index in [4.69, 9.17) is 4.52 Å². The van der Waals surface area contributed by atoms with Crippen LogP contribution in [0.15, 0.2) is 23.0 Å². The molecule has 0 bridgehead atoms. The summed E-state index contributed by atoms with van der Waals surface area (Å²) >= 11 is 0. The second kappa shape index (κ2) is 6.18. The fourth-order valence-corrected chi connectivity index (χ4v) is 3.62. The second-order valence-corrected chi connectivity index (χ2v) is 7.81. The summed E-state index contributed by atoms with van der Waals surface area (Å²) in [5.41, 5.74) is 0.218. The number of nitrogens with one attached hydrogen (secondary N) is 3. The second-order valence-electron chi connectivity index (χ2n) is 7.81. The zero-order chi connectivity index (χ0) is 19.3. The van der Waals surface area contributed by atoms with Gasteiger partial charge in [0.1, 0.15) is 11.2 Å². The number of hydrogen-bond acceptors (Lipinski definition) is 6. The molecule has 1 atom stereocenters. The summed E-state index contributed by atoms with van der Waals surface area (Å²) in [5.74, 6) is -0.110. The van der Waals surface area contributed by atoms with Crippen molar-refractivity contribution >= 4 is 17.8 Å². The predicted molar refractivity (Wildman–Crippen MR) is 94.9 cm³/mol. The molecule has 0 aromatic carbocycles. The van der Waals surface area contributed by atoms with Gasteiger partial charge in [0.05, 0.1) is 12.7 Å². The molecule has 1 saturated heterocycles. The molecule has 3 aliphatic rings. The van der Waals surface area contributed by atoms with Crippen molar-refractivity contribution in [3.63, 3.8) is 0 Å². The molecule has 0 radical (unpaired) electrons. The van der Waals surface area contributed by atoms with Crippen LogP contribution in [0.4, 0.5) is 4.79 Å². The first kappa shape index (κ1) is 17.0. The maximum atomic E-state index is 12.5. The van der Waals surface area contributed by atoms with Crippen molar-refractivity contribution in [1.29, 1.82) is 0 Å². The van der Waals surface area contributed by atoms with E-state index in [1.807, 2.05) is 10.9 Å². The first-order chi connectivity index (χ1) is 13.5. The number of rotatable bonds is 7. The van der Waals surface area contributed by atoms with Crippen molar-refractivity contribution in [1.82, 2.24) is 30.9 Å². The Balaban J connectivity index is 1.25. The fourth-order valence-electron chi connectivity index (χ4n) is 3.62. The van der Waals surface area contributed by atoms with Crippen LogP contribution in [-0.4, -0.2) is 44.9 Å². The van der Waals surface area contributed by atoms with Crippen LogP contribution in [0.3, 0.4) is 0 Å². The highest BCUT2D eigenvalue weighted by Gasteiger charge is 2.56. The molecule has 10 nitrogen and oxygen atoms in total. The minimum Gasteiger partial charge on any atom is -0.350 e. The number of amides is 4. The van der Waals surface area contributed by atoms with Crippen LogP contribution in [0, 0.1) is 11.8 Å². The molecule has 3 fully saturated rings. The molecule has 1 aliphatic heterocycles. The molecular formula is C18H20N6O4. The highest BCUT2D eigenvalue weighted by Crippen LogP contribution is 2.41. The standard InChI is InChI=1S/C18H20N6O4/c25-15(19-9-18(12-3-4-12)16(26)21-17(27)22-18)14-5-13(23-28-14)11-6-20-24(8-11)7-10-1-2-10/h5-6,8,10,12H,1-4,7,9H2,(H,19,25)(H2,21,22,26,27)/t18-/m0/s1. The maximum absolute atomic E-state index is 12.5. The van der Waals surface area contributed by atoms with Crippen molar-refractivity contribution in [2.75, 3.05) is 6.54 Å². The van der Waals surface area contributed by atoms with Gasteiger partial charge >= 0.3 is 6.03 Å². The molecule has 2 aliphatic carbocycles. The third-order valence-electron chi connectivity index (χ3n) is 5.58. The number of imide groups is 1. The SMILES string of the molecule is O=C1NC(=O)[C@](CNC(=O)c2cc(-c3cnn(CC4CC4)c3)no2)(C2CC2)N1. The molecular weight excluding hydrogens is 364 g/mol. The quantitative estimate of drug-likeness (QED) is 0.601. The van der Waals surface area contributed by atoms with E-state index < -0.39 is 23.4 Å². The molecule has 0 unspecified atom stereocenters. The van der Waals surface area contributed by atoms with E-state index >= 15 is 0 Å². The Labute approximate surface area is 160 Å². The van der Waals surface area contributed by atoms with Crippen LogP contribution in [-0.2, 0) is 11.3 Å². The van der Waals surface area contributed by atoms with Gasteiger partial charge in [0.25, 0.3) is 11.8 Å². The molecule has 2 aromatic heterocycles. The molecule has 28 heavy (non-hydrogen) atoms. The summed E-state index contributed by atoms with van der Waals surface area (Å²) in [4.78, 5) is 36.2. The Kier molecular flexibility index (Phi) is 3.74. The van der Waals surface area contributed by atoms with Gasteiger partial charge in [-0.1, -0.05) is 5.16 Å². The fraction of sp³-hybridized carbons (Fsp3) is 0.500. The molecule has 146 valence electrons. The first-order valence-corrected chi connectivity index (χ1v) is 9.45. The highest BCUT2D eigenvalue weighted by molar-refractivity contribution is 6.08. The van der Waals surface area contributed by atoms with Crippen LogP contribution < -0.4 is 16.0 Å². The maximum Gasteiger partial charge on any atom is 0.322 e. The van der Waals surface area contributed by atoms with Crippen LogP contribution in [0.25, 0.3) is 11.3 Å². The van der Waals surface area contributed by atoms with Gasteiger partial charge in [-0.15, -0.1) is 0 Å². The summed E-state index contributed by atoms with van der Waals surface area (Å²) in [7, 11) is 0. The third kappa shape index (κ3) is 3.04. The van der Waals surface area contributed by atoms with Crippen molar-refractivity contribution in [2.24, 2.45) is 11.8 Å². The lowest BCUT2D eigenvalue weighted by Gasteiger charge is -2.25. The number of nitrogens with zero attached hydrogens (tertiary/aromatic N) is 3. The van der Waals surface area contributed by atoms with Crippen LogP contribution in [0.5, 0.6) is 0 Å². The lowest BCUT2D eigenvalue weighted by atomic mass is 9.93. The smallest absolute Gasteiger partial charge is 0.322 e. The Bertz CT molecular complexity index is 957. The monoisotopic (exact) mass is 384 g/mol. The minimum absolute atomic E-state index is 0.00340. The van der Waals surface area contributed by atoms with Gasteiger partial charge in [-0.2, -0.15) is 5.10 Å². The molecule has 4 amide bonds. The Morgan fingerprint density at radius 1 is 1.32 bits per heavy atom. The first-order valence-electron chi connectivity index (χ1n) is 9.45. The Hall–Kier alpha value is -3.17. The summed E-state index contributed by atoms with van der Waals surface area (Å²) in [6.07, 6.45) is 7.73. The third-order valence-corrected chi connectivity index (χ3v) is 5.58. The van der Waals surface area contributed by atoms with E-state index in [0.717, 1.165) is 24.9 Å². The van der Waals surface area contributed by atoms with Crippen LogP contribution in [0.2, 0.25) is 0 Å². The van der Waals surface area contributed by atoms with Gasteiger partial charge in [0.15, 0.2) is 0 Å². The van der Waals surface area contributed by atoms with Crippen molar-refractivity contribution in [3.05, 3.63) is 24.2 Å².